The monoisotopic (exact) mass is 347 g/mol. The molecule has 0 spiro atoms. The van der Waals surface area contributed by atoms with Gasteiger partial charge in [0, 0.05) is 11.6 Å². The Labute approximate surface area is 152 Å². The van der Waals surface area contributed by atoms with Gasteiger partial charge in [-0.05, 0) is 53.8 Å². The molecule has 4 rings (SSSR count). The van der Waals surface area contributed by atoms with E-state index < -0.39 is 5.97 Å². The van der Waals surface area contributed by atoms with E-state index in [0.29, 0.717) is 18.1 Å². The van der Waals surface area contributed by atoms with E-state index in [4.69, 9.17) is 4.74 Å². The van der Waals surface area contributed by atoms with Crippen molar-refractivity contribution in [3.05, 3.63) is 84.0 Å². The van der Waals surface area contributed by atoms with Crippen LogP contribution < -0.4 is 10.1 Å². The summed E-state index contributed by atoms with van der Waals surface area (Å²) >= 11 is 0. The quantitative estimate of drug-likeness (QED) is 0.765. The summed E-state index contributed by atoms with van der Waals surface area (Å²) in [5.41, 5.74) is 3.64. The molecule has 26 heavy (non-hydrogen) atoms. The summed E-state index contributed by atoms with van der Waals surface area (Å²) in [5.74, 6) is 0.569. The number of nitrogens with one attached hydrogen (secondary N) is 1. The fourth-order valence-electron chi connectivity index (χ4n) is 3.98. The van der Waals surface area contributed by atoms with Gasteiger partial charge < -0.3 is 15.2 Å². The van der Waals surface area contributed by atoms with Crippen molar-refractivity contribution >= 4 is 11.7 Å². The number of rotatable bonds is 5. The van der Waals surface area contributed by atoms with Crippen LogP contribution in [0.15, 0.2) is 67.3 Å². The largest absolute Gasteiger partial charge is 0.490 e. The highest BCUT2D eigenvalue weighted by Crippen LogP contribution is 2.50. The van der Waals surface area contributed by atoms with Gasteiger partial charge in [-0.1, -0.05) is 36.9 Å². The first-order valence-electron chi connectivity index (χ1n) is 8.81. The second-order valence-electron chi connectivity index (χ2n) is 6.75. The maximum atomic E-state index is 11.3. The van der Waals surface area contributed by atoms with Gasteiger partial charge in [-0.15, -0.1) is 0 Å². The number of carboxylic acids is 1. The number of hydrogen-bond acceptors (Lipinski definition) is 3. The SMILES string of the molecule is C=CCOc1ccc([C@@H]2Nc3ccc(C(=O)O)cc3[C@@H]3C=CC[C@@H]32)cc1. The standard InChI is InChI=1S/C22H21NO3/c1-2-12-26-16-9-6-14(7-10-16)21-18-5-3-4-17(18)19-13-15(22(24)25)8-11-20(19)23-21/h2-4,6-11,13,17-18,21,23H,1,5,12H2,(H,24,25)/t17-,18+,21+/m1/s1. The summed E-state index contributed by atoms with van der Waals surface area (Å²) in [7, 11) is 0. The van der Waals surface area contributed by atoms with Crippen LogP contribution in [-0.2, 0) is 0 Å². The van der Waals surface area contributed by atoms with Crippen LogP contribution in [0.5, 0.6) is 5.75 Å². The minimum Gasteiger partial charge on any atom is -0.490 e. The molecule has 132 valence electrons. The van der Waals surface area contributed by atoms with Crippen LogP contribution in [0.4, 0.5) is 5.69 Å². The van der Waals surface area contributed by atoms with Gasteiger partial charge in [0.2, 0.25) is 0 Å². The number of aromatic carboxylic acids is 1. The summed E-state index contributed by atoms with van der Waals surface area (Å²) in [6.07, 6.45) is 7.13. The Morgan fingerprint density at radius 3 is 2.81 bits per heavy atom. The fourth-order valence-corrected chi connectivity index (χ4v) is 3.98. The summed E-state index contributed by atoms with van der Waals surface area (Å²) < 4.78 is 5.57. The van der Waals surface area contributed by atoms with Crippen molar-refractivity contribution in [2.45, 2.75) is 18.4 Å². The number of ether oxygens (including phenoxy) is 1. The molecule has 0 unspecified atom stereocenters. The van der Waals surface area contributed by atoms with E-state index in [2.05, 4.69) is 36.2 Å². The van der Waals surface area contributed by atoms with Crippen molar-refractivity contribution in [3.63, 3.8) is 0 Å². The van der Waals surface area contributed by atoms with Crippen molar-refractivity contribution in [3.8, 4) is 5.75 Å². The van der Waals surface area contributed by atoms with E-state index in [1.54, 1.807) is 18.2 Å². The number of carbonyl (C=O) groups is 1. The molecule has 4 nitrogen and oxygen atoms in total. The highest BCUT2D eigenvalue weighted by Gasteiger charge is 2.38. The van der Waals surface area contributed by atoms with Gasteiger partial charge in [0.1, 0.15) is 12.4 Å². The molecule has 0 aromatic heterocycles. The van der Waals surface area contributed by atoms with Crippen molar-refractivity contribution in [2.24, 2.45) is 5.92 Å². The van der Waals surface area contributed by atoms with Crippen molar-refractivity contribution in [1.82, 2.24) is 0 Å². The molecule has 0 saturated carbocycles. The maximum Gasteiger partial charge on any atom is 0.335 e. The minimum atomic E-state index is -0.886. The molecule has 1 aliphatic heterocycles. The van der Waals surface area contributed by atoms with Gasteiger partial charge in [0.15, 0.2) is 0 Å². The third-order valence-electron chi connectivity index (χ3n) is 5.22. The normalized spacial score (nSPS) is 22.8. The van der Waals surface area contributed by atoms with E-state index in [-0.39, 0.29) is 12.0 Å². The molecule has 0 radical (unpaired) electrons. The lowest BCUT2D eigenvalue weighted by Gasteiger charge is -2.37. The van der Waals surface area contributed by atoms with E-state index >= 15 is 0 Å². The van der Waals surface area contributed by atoms with Gasteiger partial charge >= 0.3 is 5.97 Å². The van der Waals surface area contributed by atoms with Gasteiger partial charge in [0.25, 0.3) is 0 Å². The molecule has 3 atom stereocenters. The Kier molecular flexibility index (Phi) is 4.25. The molecule has 4 heteroatoms. The smallest absolute Gasteiger partial charge is 0.335 e. The number of allylic oxidation sites excluding steroid dienone is 2. The molecule has 2 N–H and O–H groups in total. The van der Waals surface area contributed by atoms with Crippen LogP contribution in [0.3, 0.4) is 0 Å². The molecular formula is C22H21NO3. The van der Waals surface area contributed by atoms with Crippen LogP contribution >= 0.6 is 0 Å². The summed E-state index contributed by atoms with van der Waals surface area (Å²) in [6, 6.07) is 13.7. The summed E-state index contributed by atoms with van der Waals surface area (Å²) in [5, 5.41) is 12.9. The minimum absolute atomic E-state index is 0.187. The van der Waals surface area contributed by atoms with Crippen LogP contribution in [0.1, 0.15) is 39.9 Å². The highest BCUT2D eigenvalue weighted by atomic mass is 16.5. The zero-order valence-corrected chi connectivity index (χ0v) is 14.4. The Morgan fingerprint density at radius 1 is 1.27 bits per heavy atom. The topological polar surface area (TPSA) is 58.6 Å². The summed E-state index contributed by atoms with van der Waals surface area (Å²) in [6.45, 7) is 4.16. The lowest BCUT2D eigenvalue weighted by atomic mass is 9.76. The number of fused-ring (bicyclic) bond motifs is 3. The zero-order chi connectivity index (χ0) is 18.1. The molecule has 2 aliphatic rings. The molecule has 0 fully saturated rings. The molecule has 0 amide bonds. The highest BCUT2D eigenvalue weighted by molar-refractivity contribution is 5.89. The van der Waals surface area contributed by atoms with Crippen molar-refractivity contribution in [2.75, 3.05) is 11.9 Å². The van der Waals surface area contributed by atoms with Gasteiger partial charge in [-0.2, -0.15) is 0 Å². The second-order valence-corrected chi connectivity index (χ2v) is 6.75. The number of carboxylic acid groups (broad SMARTS) is 1. The summed E-state index contributed by atoms with van der Waals surface area (Å²) in [4.78, 5) is 11.3. The molecule has 1 heterocycles. The van der Waals surface area contributed by atoms with Gasteiger partial charge in [-0.3, -0.25) is 0 Å². The second kappa shape index (κ2) is 6.71. The fraction of sp³-hybridized carbons (Fsp3) is 0.227. The number of hydrogen-bond donors (Lipinski definition) is 2. The van der Waals surface area contributed by atoms with E-state index in [1.807, 2.05) is 18.2 Å². The lowest BCUT2D eigenvalue weighted by molar-refractivity contribution is 0.0696. The first-order valence-corrected chi connectivity index (χ1v) is 8.81. The van der Waals surface area contributed by atoms with Crippen LogP contribution in [0, 0.1) is 5.92 Å². The molecule has 2 aromatic carbocycles. The predicted octanol–water partition coefficient (Wildman–Crippen LogP) is 4.78. The number of benzene rings is 2. The average molecular weight is 347 g/mol. The first kappa shape index (κ1) is 16.5. The molecule has 2 aromatic rings. The van der Waals surface area contributed by atoms with E-state index in [1.165, 1.54) is 5.56 Å². The van der Waals surface area contributed by atoms with Crippen molar-refractivity contribution < 1.29 is 14.6 Å². The Morgan fingerprint density at radius 2 is 2.08 bits per heavy atom. The van der Waals surface area contributed by atoms with Gasteiger partial charge in [-0.25, -0.2) is 4.79 Å². The zero-order valence-electron chi connectivity index (χ0n) is 14.4. The Bertz CT molecular complexity index is 869. The lowest BCUT2D eigenvalue weighted by Crippen LogP contribution is -2.29. The molecular weight excluding hydrogens is 326 g/mol. The Hall–Kier alpha value is -3.01. The average Bonchev–Trinajstić information content (AvgIpc) is 3.16. The number of anilines is 1. The molecule has 0 bridgehead atoms. The Balaban J connectivity index is 1.65. The predicted molar refractivity (Wildman–Crippen MR) is 102 cm³/mol. The van der Waals surface area contributed by atoms with Crippen LogP contribution in [-0.4, -0.2) is 17.7 Å². The maximum absolute atomic E-state index is 11.3. The molecule has 0 saturated heterocycles. The third kappa shape index (κ3) is 2.88. The van der Waals surface area contributed by atoms with Crippen LogP contribution in [0.2, 0.25) is 0 Å². The van der Waals surface area contributed by atoms with E-state index in [0.717, 1.165) is 23.4 Å². The van der Waals surface area contributed by atoms with Crippen molar-refractivity contribution in [1.29, 1.82) is 0 Å². The molecule has 1 aliphatic carbocycles. The van der Waals surface area contributed by atoms with Crippen LogP contribution in [0.25, 0.3) is 0 Å². The first-order chi connectivity index (χ1) is 12.7. The van der Waals surface area contributed by atoms with E-state index in [9.17, 15) is 9.90 Å². The van der Waals surface area contributed by atoms with Gasteiger partial charge in [0.05, 0.1) is 11.6 Å². The third-order valence-corrected chi connectivity index (χ3v) is 5.22.